The van der Waals surface area contributed by atoms with Gasteiger partial charge >= 0.3 is 0 Å². The minimum absolute atomic E-state index is 0.450. The van der Waals surface area contributed by atoms with Crippen molar-refractivity contribution in [1.82, 2.24) is 15.6 Å². The van der Waals surface area contributed by atoms with Crippen LogP contribution in [-0.2, 0) is 0 Å². The molecule has 0 spiro atoms. The smallest absolute Gasteiger partial charge is 0.171 e. The van der Waals surface area contributed by atoms with Crippen LogP contribution in [0.25, 0.3) is 0 Å². The number of nitrogens with zero attached hydrogens (tertiary/aromatic N) is 1. The van der Waals surface area contributed by atoms with Crippen LogP contribution >= 0.6 is 35.7 Å². The molecule has 0 aromatic carbocycles. The monoisotopic (exact) mass is 444 g/mol. The quantitative estimate of drug-likeness (QED) is 0.263. The maximum atomic E-state index is 5.39. The maximum Gasteiger partial charge on any atom is 0.171 e. The fourth-order valence-electron chi connectivity index (χ4n) is 2.67. The summed E-state index contributed by atoms with van der Waals surface area (Å²) in [6.07, 6.45) is 18.1. The third kappa shape index (κ3) is 7.42. The molecule has 29 heavy (non-hydrogen) atoms. The summed E-state index contributed by atoms with van der Waals surface area (Å²) in [7, 11) is 1.92. The highest BCUT2D eigenvalue weighted by Gasteiger charge is 2.16. The van der Waals surface area contributed by atoms with Gasteiger partial charge in [-0.3, -0.25) is 4.98 Å². The number of aromatic nitrogens is 1. The first kappa shape index (κ1) is 23.3. The van der Waals surface area contributed by atoms with Crippen molar-refractivity contribution < 1.29 is 0 Å². The van der Waals surface area contributed by atoms with Crippen LogP contribution in [0.5, 0.6) is 0 Å². The second-order valence-corrected chi connectivity index (χ2v) is 8.52. The van der Waals surface area contributed by atoms with Gasteiger partial charge in [0.1, 0.15) is 0 Å². The van der Waals surface area contributed by atoms with Gasteiger partial charge in [-0.1, -0.05) is 43.9 Å². The van der Waals surface area contributed by atoms with Crippen LogP contribution in [0.2, 0.25) is 0 Å². The molecular formula is C22H28N4S3. The van der Waals surface area contributed by atoms with Crippen molar-refractivity contribution in [3.8, 4) is 0 Å². The number of hydrogen-bond acceptors (Lipinski definition) is 5. The lowest BCUT2D eigenvalue weighted by Gasteiger charge is -2.12. The van der Waals surface area contributed by atoms with Crippen LogP contribution < -0.4 is 16.0 Å². The molecule has 1 aromatic rings. The minimum Gasteiger partial charge on any atom is -0.387 e. The molecule has 0 saturated heterocycles. The second-order valence-electron chi connectivity index (χ2n) is 6.25. The van der Waals surface area contributed by atoms with Crippen molar-refractivity contribution in [2.24, 2.45) is 5.92 Å². The van der Waals surface area contributed by atoms with Crippen LogP contribution in [0.3, 0.4) is 0 Å². The summed E-state index contributed by atoms with van der Waals surface area (Å²) in [5.41, 5.74) is 3.33. The largest absolute Gasteiger partial charge is 0.387 e. The van der Waals surface area contributed by atoms with E-state index in [1.165, 1.54) is 4.91 Å². The van der Waals surface area contributed by atoms with Gasteiger partial charge in [0, 0.05) is 47.5 Å². The Hall–Kier alpha value is -1.96. The van der Waals surface area contributed by atoms with E-state index >= 15 is 0 Å². The molecule has 0 amide bonds. The molecule has 0 radical (unpaired) electrons. The van der Waals surface area contributed by atoms with Crippen LogP contribution in [0.4, 0.5) is 5.69 Å². The van der Waals surface area contributed by atoms with Gasteiger partial charge in [0.05, 0.1) is 11.4 Å². The number of allylic oxidation sites excluding steroid dienone is 6. The summed E-state index contributed by atoms with van der Waals surface area (Å²) >= 11 is 8.89. The molecule has 1 atom stereocenters. The average molecular weight is 445 g/mol. The summed E-state index contributed by atoms with van der Waals surface area (Å²) < 4.78 is 0. The Labute approximate surface area is 188 Å². The normalized spacial score (nSPS) is 16.4. The first-order chi connectivity index (χ1) is 14.1. The van der Waals surface area contributed by atoms with E-state index in [0.717, 1.165) is 27.6 Å². The highest BCUT2D eigenvalue weighted by molar-refractivity contribution is 8.02. The van der Waals surface area contributed by atoms with Crippen LogP contribution in [-0.4, -0.2) is 35.7 Å². The first-order valence-corrected chi connectivity index (χ1v) is 11.9. The van der Waals surface area contributed by atoms with Crippen molar-refractivity contribution >= 4 is 46.5 Å². The number of anilines is 1. The lowest BCUT2D eigenvalue weighted by molar-refractivity contribution is 0.925. The topological polar surface area (TPSA) is 49.0 Å². The summed E-state index contributed by atoms with van der Waals surface area (Å²) in [6.45, 7) is 6.76. The summed E-state index contributed by atoms with van der Waals surface area (Å²) in [5.74, 6) is 1.28. The van der Waals surface area contributed by atoms with Gasteiger partial charge in [-0.25, -0.2) is 0 Å². The highest BCUT2D eigenvalue weighted by atomic mass is 32.2. The van der Waals surface area contributed by atoms with Crippen molar-refractivity contribution in [2.45, 2.75) is 11.8 Å². The number of nitrogens with one attached hydrogen (secondary N) is 3. The molecule has 1 heterocycles. The standard InChI is InChI=1S/C22H28N4S3/c1-5-17(15-29-20-14-24-13-11-18(20)23-3)8-6-7-12-25-22(27)26-19-10-9-16(2)21(19)28-4/h5-11,13-14,16H,1,12,15H2,2-4H3,(H,23,24)(H2,25,26,27)/b7-6-,17-8+. The van der Waals surface area contributed by atoms with Crippen LogP contribution in [0, 0.1) is 5.92 Å². The zero-order chi connectivity index (χ0) is 21.1. The van der Waals surface area contributed by atoms with Crippen molar-refractivity contribution in [3.63, 3.8) is 0 Å². The Balaban J connectivity index is 1.79. The van der Waals surface area contributed by atoms with E-state index < -0.39 is 0 Å². The predicted molar refractivity (Wildman–Crippen MR) is 135 cm³/mol. The molecule has 0 fully saturated rings. The summed E-state index contributed by atoms with van der Waals surface area (Å²) in [5, 5.41) is 10.3. The van der Waals surface area contributed by atoms with E-state index in [1.54, 1.807) is 29.7 Å². The van der Waals surface area contributed by atoms with Crippen molar-refractivity contribution in [3.05, 3.63) is 77.7 Å². The molecule has 3 N–H and O–H groups in total. The van der Waals surface area contributed by atoms with Gasteiger partial charge in [0.2, 0.25) is 0 Å². The summed E-state index contributed by atoms with van der Waals surface area (Å²) in [6, 6.07) is 1.97. The number of thiocarbonyl (C=S) groups is 1. The van der Waals surface area contributed by atoms with Gasteiger partial charge < -0.3 is 16.0 Å². The van der Waals surface area contributed by atoms with E-state index in [0.29, 0.717) is 17.6 Å². The molecule has 0 aliphatic heterocycles. The van der Waals surface area contributed by atoms with Gasteiger partial charge in [-0.15, -0.1) is 23.5 Å². The van der Waals surface area contributed by atoms with E-state index in [-0.39, 0.29) is 0 Å². The second kappa shape index (κ2) is 12.6. The van der Waals surface area contributed by atoms with Gasteiger partial charge in [0.15, 0.2) is 5.11 Å². The van der Waals surface area contributed by atoms with Gasteiger partial charge in [-0.05, 0) is 36.2 Å². The third-order valence-corrected chi connectivity index (χ3v) is 6.63. The summed E-state index contributed by atoms with van der Waals surface area (Å²) in [4.78, 5) is 6.64. The molecule has 154 valence electrons. The number of rotatable bonds is 10. The number of hydrogen-bond donors (Lipinski definition) is 3. The van der Waals surface area contributed by atoms with E-state index in [4.69, 9.17) is 12.2 Å². The molecule has 0 saturated carbocycles. The molecular weight excluding hydrogens is 416 g/mol. The third-order valence-electron chi connectivity index (χ3n) is 4.24. The Bertz CT molecular complexity index is 840. The SMILES string of the molecule is C=C/C(=C\C=C/CNC(=S)NC1=C(SC)C(C)C=C1)CSc1cnccc1NC. The fourth-order valence-corrected chi connectivity index (χ4v) is 4.65. The molecule has 1 unspecified atom stereocenters. The molecule has 2 rings (SSSR count). The molecule has 4 nitrogen and oxygen atoms in total. The van der Waals surface area contributed by atoms with Crippen molar-refractivity contribution in [1.29, 1.82) is 0 Å². The Morgan fingerprint density at radius 1 is 1.41 bits per heavy atom. The molecule has 0 bridgehead atoms. The minimum atomic E-state index is 0.450. The number of pyridine rings is 1. The van der Waals surface area contributed by atoms with Crippen LogP contribution in [0.1, 0.15) is 6.92 Å². The zero-order valence-electron chi connectivity index (χ0n) is 17.1. The molecule has 1 aliphatic carbocycles. The average Bonchev–Trinajstić information content (AvgIpc) is 3.09. The molecule has 1 aliphatic rings. The van der Waals surface area contributed by atoms with E-state index in [1.807, 2.05) is 37.5 Å². The Morgan fingerprint density at radius 2 is 2.24 bits per heavy atom. The van der Waals surface area contributed by atoms with E-state index in [9.17, 15) is 0 Å². The van der Waals surface area contributed by atoms with Crippen molar-refractivity contribution in [2.75, 3.05) is 30.9 Å². The molecule has 1 aromatic heterocycles. The van der Waals surface area contributed by atoms with E-state index in [2.05, 4.69) is 58.9 Å². The Kier molecular flexibility index (Phi) is 10.1. The fraction of sp³-hybridized carbons (Fsp3) is 0.273. The van der Waals surface area contributed by atoms with Gasteiger partial charge in [-0.2, -0.15) is 0 Å². The lowest BCUT2D eigenvalue weighted by atomic mass is 10.2. The van der Waals surface area contributed by atoms with Crippen LogP contribution in [0.15, 0.2) is 82.6 Å². The zero-order valence-corrected chi connectivity index (χ0v) is 19.5. The number of thioether (sulfide) groups is 2. The lowest BCUT2D eigenvalue weighted by Crippen LogP contribution is -2.34. The highest BCUT2D eigenvalue weighted by Crippen LogP contribution is 2.31. The first-order valence-electron chi connectivity index (χ1n) is 9.33. The van der Waals surface area contributed by atoms with Gasteiger partial charge in [0.25, 0.3) is 0 Å². The molecule has 7 heteroatoms. The Morgan fingerprint density at radius 3 is 2.97 bits per heavy atom. The predicted octanol–water partition coefficient (Wildman–Crippen LogP) is 5.13. The maximum absolute atomic E-state index is 5.39.